The second-order valence-corrected chi connectivity index (χ2v) is 6.51. The molecule has 1 fully saturated rings. The first-order valence-electron chi connectivity index (χ1n) is 8.17. The normalized spacial score (nSPS) is 16.5. The third-order valence-electron chi connectivity index (χ3n) is 4.11. The maximum Gasteiger partial charge on any atom is 0.229 e. The molecular weight excluding hydrogens is 354 g/mol. The Hall–Kier alpha value is -2.86. The molecule has 26 heavy (non-hydrogen) atoms. The smallest absolute Gasteiger partial charge is 0.229 e. The van der Waals surface area contributed by atoms with Crippen molar-refractivity contribution in [3.63, 3.8) is 0 Å². The largest absolute Gasteiger partial charge is 0.326 e. The SMILES string of the molecule is CC(=O)Nc1cccc(N2CC(C(=O)Nc3ccccc3Cl)CC2=O)c1. The molecule has 134 valence electrons. The number of hydrogen-bond donors (Lipinski definition) is 2. The van der Waals surface area contributed by atoms with Crippen molar-refractivity contribution < 1.29 is 14.4 Å². The van der Waals surface area contributed by atoms with Crippen LogP contribution in [0.15, 0.2) is 48.5 Å². The van der Waals surface area contributed by atoms with E-state index in [-0.39, 0.29) is 30.7 Å². The van der Waals surface area contributed by atoms with Crippen LogP contribution >= 0.6 is 11.6 Å². The molecule has 0 radical (unpaired) electrons. The van der Waals surface area contributed by atoms with E-state index in [1.165, 1.54) is 6.92 Å². The first-order valence-corrected chi connectivity index (χ1v) is 8.55. The fourth-order valence-corrected chi connectivity index (χ4v) is 3.07. The van der Waals surface area contributed by atoms with Gasteiger partial charge in [-0.2, -0.15) is 0 Å². The molecule has 2 aromatic carbocycles. The fraction of sp³-hybridized carbons (Fsp3) is 0.211. The molecule has 1 aliphatic heterocycles. The molecule has 1 atom stereocenters. The summed E-state index contributed by atoms with van der Waals surface area (Å²) < 4.78 is 0. The van der Waals surface area contributed by atoms with Gasteiger partial charge in [-0.05, 0) is 30.3 Å². The standard InChI is InChI=1S/C19H18ClN3O3/c1-12(24)21-14-5-4-6-15(10-14)23-11-13(9-18(23)25)19(26)22-17-8-3-2-7-16(17)20/h2-8,10,13H,9,11H2,1H3,(H,21,24)(H,22,26). The summed E-state index contributed by atoms with van der Waals surface area (Å²) in [6, 6.07) is 14.0. The maximum absolute atomic E-state index is 12.5. The van der Waals surface area contributed by atoms with Gasteiger partial charge in [-0.3, -0.25) is 14.4 Å². The Morgan fingerprint density at radius 1 is 1.12 bits per heavy atom. The highest BCUT2D eigenvalue weighted by atomic mass is 35.5. The van der Waals surface area contributed by atoms with Gasteiger partial charge in [0.2, 0.25) is 17.7 Å². The van der Waals surface area contributed by atoms with E-state index in [0.717, 1.165) is 0 Å². The van der Waals surface area contributed by atoms with E-state index in [0.29, 0.717) is 22.1 Å². The van der Waals surface area contributed by atoms with Crippen LogP contribution in [0, 0.1) is 5.92 Å². The summed E-state index contributed by atoms with van der Waals surface area (Å²) in [6.07, 6.45) is 0.126. The highest BCUT2D eigenvalue weighted by Gasteiger charge is 2.35. The summed E-state index contributed by atoms with van der Waals surface area (Å²) in [5.41, 5.74) is 1.78. The number of amides is 3. The van der Waals surface area contributed by atoms with Gasteiger partial charge in [0.05, 0.1) is 16.6 Å². The van der Waals surface area contributed by atoms with E-state index < -0.39 is 5.92 Å². The van der Waals surface area contributed by atoms with Gasteiger partial charge >= 0.3 is 0 Å². The third-order valence-corrected chi connectivity index (χ3v) is 4.44. The second-order valence-electron chi connectivity index (χ2n) is 6.11. The predicted octanol–water partition coefficient (Wildman–Crippen LogP) is 3.29. The van der Waals surface area contributed by atoms with Crippen molar-refractivity contribution in [2.24, 2.45) is 5.92 Å². The molecule has 1 saturated heterocycles. The van der Waals surface area contributed by atoms with E-state index in [9.17, 15) is 14.4 Å². The first-order chi connectivity index (χ1) is 12.4. The van der Waals surface area contributed by atoms with Crippen LogP contribution in [0.25, 0.3) is 0 Å². The minimum absolute atomic E-state index is 0.126. The van der Waals surface area contributed by atoms with Gasteiger partial charge < -0.3 is 15.5 Å². The molecule has 0 aromatic heterocycles. The Morgan fingerprint density at radius 3 is 2.62 bits per heavy atom. The lowest BCUT2D eigenvalue weighted by Crippen LogP contribution is -2.28. The topological polar surface area (TPSA) is 78.5 Å². The molecular formula is C19H18ClN3O3. The first kappa shape index (κ1) is 17.9. The molecule has 6 nitrogen and oxygen atoms in total. The average Bonchev–Trinajstić information content (AvgIpc) is 2.98. The minimum Gasteiger partial charge on any atom is -0.326 e. The number of benzene rings is 2. The Bertz CT molecular complexity index is 869. The van der Waals surface area contributed by atoms with Crippen molar-refractivity contribution in [3.8, 4) is 0 Å². The zero-order valence-electron chi connectivity index (χ0n) is 14.2. The lowest BCUT2D eigenvalue weighted by Gasteiger charge is -2.18. The zero-order valence-corrected chi connectivity index (χ0v) is 14.9. The average molecular weight is 372 g/mol. The van der Waals surface area contributed by atoms with Crippen LogP contribution in [0.1, 0.15) is 13.3 Å². The summed E-state index contributed by atoms with van der Waals surface area (Å²) in [6.45, 7) is 1.70. The maximum atomic E-state index is 12.5. The van der Waals surface area contributed by atoms with Crippen molar-refractivity contribution in [3.05, 3.63) is 53.6 Å². The Labute approximate surface area is 156 Å². The summed E-state index contributed by atoms with van der Waals surface area (Å²) in [5.74, 6) is -1.04. The molecule has 0 saturated carbocycles. The summed E-state index contributed by atoms with van der Waals surface area (Å²) in [7, 11) is 0. The van der Waals surface area contributed by atoms with Crippen LogP contribution in [0.2, 0.25) is 5.02 Å². The number of carbonyl (C=O) groups is 3. The van der Waals surface area contributed by atoms with Crippen LogP contribution in [0.4, 0.5) is 17.1 Å². The van der Waals surface area contributed by atoms with Gasteiger partial charge in [0, 0.05) is 31.3 Å². The van der Waals surface area contributed by atoms with Crippen molar-refractivity contribution in [1.82, 2.24) is 0 Å². The Morgan fingerprint density at radius 2 is 1.88 bits per heavy atom. The van der Waals surface area contributed by atoms with E-state index in [1.54, 1.807) is 53.4 Å². The molecule has 0 spiro atoms. The van der Waals surface area contributed by atoms with Gasteiger partial charge in [0.15, 0.2) is 0 Å². The van der Waals surface area contributed by atoms with Crippen molar-refractivity contribution in [2.45, 2.75) is 13.3 Å². The number of hydrogen-bond acceptors (Lipinski definition) is 3. The number of nitrogens with zero attached hydrogens (tertiary/aromatic N) is 1. The lowest BCUT2D eigenvalue weighted by molar-refractivity contribution is -0.122. The zero-order chi connectivity index (χ0) is 18.7. The fourth-order valence-electron chi connectivity index (χ4n) is 2.88. The van der Waals surface area contributed by atoms with Gasteiger partial charge in [0.1, 0.15) is 0 Å². The predicted molar refractivity (Wildman–Crippen MR) is 101 cm³/mol. The van der Waals surface area contributed by atoms with Crippen LogP contribution in [0.3, 0.4) is 0 Å². The van der Waals surface area contributed by atoms with Crippen molar-refractivity contribution in [2.75, 3.05) is 22.1 Å². The quantitative estimate of drug-likeness (QED) is 0.865. The van der Waals surface area contributed by atoms with Gasteiger partial charge in [-0.15, -0.1) is 0 Å². The number of halogens is 1. The molecule has 1 heterocycles. The summed E-state index contributed by atoms with van der Waals surface area (Å²) in [5, 5.41) is 5.91. The number of carbonyl (C=O) groups excluding carboxylic acids is 3. The van der Waals surface area contributed by atoms with E-state index in [1.807, 2.05) is 0 Å². The Balaban J connectivity index is 1.71. The molecule has 7 heteroatoms. The Kier molecular flexibility index (Phi) is 5.23. The third kappa shape index (κ3) is 4.03. The molecule has 3 amide bonds. The van der Waals surface area contributed by atoms with Gasteiger partial charge in [0.25, 0.3) is 0 Å². The van der Waals surface area contributed by atoms with Crippen molar-refractivity contribution >= 4 is 46.4 Å². The molecule has 2 aromatic rings. The number of anilines is 3. The highest BCUT2D eigenvalue weighted by molar-refractivity contribution is 6.33. The molecule has 1 unspecified atom stereocenters. The van der Waals surface area contributed by atoms with E-state index in [4.69, 9.17) is 11.6 Å². The van der Waals surface area contributed by atoms with E-state index >= 15 is 0 Å². The van der Waals surface area contributed by atoms with E-state index in [2.05, 4.69) is 10.6 Å². The van der Waals surface area contributed by atoms with Crippen molar-refractivity contribution in [1.29, 1.82) is 0 Å². The number of nitrogens with one attached hydrogen (secondary N) is 2. The van der Waals surface area contributed by atoms with Gasteiger partial charge in [-0.1, -0.05) is 29.8 Å². The molecule has 0 aliphatic carbocycles. The molecule has 3 rings (SSSR count). The van der Waals surface area contributed by atoms with Crippen LogP contribution in [-0.4, -0.2) is 24.3 Å². The number of para-hydroxylation sites is 1. The van der Waals surface area contributed by atoms with Crippen LogP contribution < -0.4 is 15.5 Å². The van der Waals surface area contributed by atoms with Crippen LogP contribution in [-0.2, 0) is 14.4 Å². The summed E-state index contributed by atoms with van der Waals surface area (Å²) in [4.78, 5) is 37.6. The lowest BCUT2D eigenvalue weighted by atomic mass is 10.1. The van der Waals surface area contributed by atoms with Gasteiger partial charge in [-0.25, -0.2) is 0 Å². The highest BCUT2D eigenvalue weighted by Crippen LogP contribution is 2.29. The number of rotatable bonds is 4. The minimum atomic E-state index is -0.469. The second kappa shape index (κ2) is 7.58. The molecule has 0 bridgehead atoms. The molecule has 2 N–H and O–H groups in total. The summed E-state index contributed by atoms with van der Waals surface area (Å²) >= 11 is 6.06. The monoisotopic (exact) mass is 371 g/mol. The molecule has 1 aliphatic rings. The van der Waals surface area contributed by atoms with Crippen LogP contribution in [0.5, 0.6) is 0 Å².